The number of hydrogen-bond acceptors (Lipinski definition) is 6. The van der Waals surface area contributed by atoms with Crippen LogP contribution in [0.15, 0.2) is 12.2 Å². The van der Waals surface area contributed by atoms with E-state index in [1.54, 1.807) is 20.8 Å². The third-order valence-electron chi connectivity index (χ3n) is 4.51. The highest BCUT2D eigenvalue weighted by atomic mass is 28.4. The molecule has 0 spiro atoms. The number of carbonyl (C=O) groups is 2. The van der Waals surface area contributed by atoms with Gasteiger partial charge in [0.15, 0.2) is 14.1 Å². The van der Waals surface area contributed by atoms with Crippen molar-refractivity contribution in [1.29, 1.82) is 0 Å². The van der Waals surface area contributed by atoms with Crippen LogP contribution in [0.5, 0.6) is 0 Å². The summed E-state index contributed by atoms with van der Waals surface area (Å²) in [6.45, 7) is 16.8. The summed E-state index contributed by atoms with van der Waals surface area (Å²) in [7, 11) is -1.79. The summed E-state index contributed by atoms with van der Waals surface area (Å²) in [5, 5.41) is 0.152. The van der Waals surface area contributed by atoms with E-state index in [-0.39, 0.29) is 10.8 Å². The molecule has 0 aromatic carbocycles. The lowest BCUT2D eigenvalue weighted by Crippen LogP contribution is -2.41. The summed E-state index contributed by atoms with van der Waals surface area (Å²) >= 11 is 0. The maximum Gasteiger partial charge on any atom is 0.511 e. The first-order chi connectivity index (χ1) is 11.7. The second-order valence-corrected chi connectivity index (χ2v) is 13.9. The predicted octanol–water partition coefficient (Wildman–Crippen LogP) is 4.59. The van der Waals surface area contributed by atoms with E-state index < -0.39 is 32.5 Å². The van der Waals surface area contributed by atoms with E-state index in [1.807, 2.05) is 0 Å². The number of hydrogen-bond donors (Lipinski definition) is 0. The van der Waals surface area contributed by atoms with Crippen molar-refractivity contribution in [2.75, 3.05) is 6.61 Å². The Labute approximate surface area is 158 Å². The Morgan fingerprint density at radius 3 is 2.35 bits per heavy atom. The summed E-state index contributed by atoms with van der Waals surface area (Å²) in [4.78, 5) is 23.7. The largest absolute Gasteiger partial charge is 0.511 e. The van der Waals surface area contributed by atoms with Gasteiger partial charge in [-0.1, -0.05) is 20.8 Å². The van der Waals surface area contributed by atoms with Crippen LogP contribution in [0.25, 0.3) is 0 Å². The Hall–Kier alpha value is -1.18. The SMILES string of the molecule is CC(C)(C)OC(=O)O[C@H]1C=CC(=O)[C@@H](CCCO[Si](C)(C)C(C)(C)C)O1. The minimum atomic E-state index is -1.79. The average Bonchev–Trinajstić information content (AvgIpc) is 2.43. The minimum absolute atomic E-state index is 0.124. The van der Waals surface area contributed by atoms with Crippen LogP contribution in [0.1, 0.15) is 54.4 Å². The lowest BCUT2D eigenvalue weighted by Gasteiger charge is -2.36. The molecular formula is C19H34O6Si. The van der Waals surface area contributed by atoms with Gasteiger partial charge in [-0.3, -0.25) is 4.79 Å². The fraction of sp³-hybridized carbons (Fsp3) is 0.789. The highest BCUT2D eigenvalue weighted by molar-refractivity contribution is 6.74. The molecule has 1 aliphatic rings. The maximum absolute atomic E-state index is 12.0. The monoisotopic (exact) mass is 386 g/mol. The first-order valence-electron chi connectivity index (χ1n) is 9.12. The van der Waals surface area contributed by atoms with Gasteiger partial charge in [-0.15, -0.1) is 0 Å². The zero-order valence-corrected chi connectivity index (χ0v) is 18.4. The maximum atomic E-state index is 12.0. The highest BCUT2D eigenvalue weighted by Crippen LogP contribution is 2.36. The predicted molar refractivity (Wildman–Crippen MR) is 103 cm³/mol. The van der Waals surface area contributed by atoms with Crippen molar-refractivity contribution < 1.29 is 28.2 Å². The van der Waals surface area contributed by atoms with E-state index in [0.717, 1.165) is 0 Å². The summed E-state index contributed by atoms with van der Waals surface area (Å²) in [5.41, 5.74) is -0.647. The Kier molecular flexibility index (Phi) is 7.62. The molecule has 2 atom stereocenters. The molecule has 150 valence electrons. The standard InChI is InChI=1S/C19H34O6Si/c1-18(2,3)25-17(21)24-16-12-11-14(20)15(23-16)10-9-13-22-26(7,8)19(4,5)6/h11-12,15-16H,9-10,13H2,1-8H3/t15-,16+/m1/s1. The number of carbonyl (C=O) groups excluding carboxylic acids is 2. The fourth-order valence-electron chi connectivity index (χ4n) is 2.01. The van der Waals surface area contributed by atoms with Gasteiger partial charge in [-0.05, 0) is 63.9 Å². The van der Waals surface area contributed by atoms with Crippen LogP contribution in [-0.4, -0.2) is 44.9 Å². The lowest BCUT2D eigenvalue weighted by molar-refractivity contribution is -0.158. The van der Waals surface area contributed by atoms with E-state index in [4.69, 9.17) is 18.6 Å². The topological polar surface area (TPSA) is 71.1 Å². The van der Waals surface area contributed by atoms with Gasteiger partial charge < -0.3 is 18.6 Å². The van der Waals surface area contributed by atoms with Crippen molar-refractivity contribution in [3.63, 3.8) is 0 Å². The zero-order valence-electron chi connectivity index (χ0n) is 17.4. The summed E-state index contributed by atoms with van der Waals surface area (Å²) < 4.78 is 21.9. The Morgan fingerprint density at radius 1 is 1.19 bits per heavy atom. The van der Waals surface area contributed by atoms with Crippen molar-refractivity contribution >= 4 is 20.3 Å². The van der Waals surface area contributed by atoms with Crippen molar-refractivity contribution in [2.45, 2.75) is 90.5 Å². The normalized spacial score (nSPS) is 21.6. The highest BCUT2D eigenvalue weighted by Gasteiger charge is 2.37. The van der Waals surface area contributed by atoms with Crippen LogP contribution < -0.4 is 0 Å². The number of ketones is 1. The van der Waals surface area contributed by atoms with Gasteiger partial charge in [0.1, 0.15) is 11.7 Å². The van der Waals surface area contributed by atoms with Crippen LogP contribution in [0.3, 0.4) is 0 Å². The smallest absolute Gasteiger partial charge is 0.428 e. The Balaban J connectivity index is 2.45. The zero-order chi connectivity index (χ0) is 20.2. The molecule has 0 saturated heterocycles. The molecule has 0 N–H and O–H groups in total. The Morgan fingerprint density at radius 2 is 1.81 bits per heavy atom. The van der Waals surface area contributed by atoms with Gasteiger partial charge in [0.05, 0.1) is 0 Å². The molecule has 0 bridgehead atoms. The van der Waals surface area contributed by atoms with Crippen molar-refractivity contribution in [3.8, 4) is 0 Å². The molecule has 1 aliphatic heterocycles. The number of ether oxygens (including phenoxy) is 3. The molecule has 0 aliphatic carbocycles. The molecule has 0 aromatic heterocycles. The van der Waals surface area contributed by atoms with Crippen LogP contribution >= 0.6 is 0 Å². The van der Waals surface area contributed by atoms with E-state index in [0.29, 0.717) is 19.4 Å². The van der Waals surface area contributed by atoms with Gasteiger partial charge in [0.25, 0.3) is 0 Å². The fourth-order valence-corrected chi connectivity index (χ4v) is 3.10. The van der Waals surface area contributed by atoms with Crippen LogP contribution in [-0.2, 0) is 23.4 Å². The van der Waals surface area contributed by atoms with Crippen molar-refractivity contribution in [2.24, 2.45) is 0 Å². The van der Waals surface area contributed by atoms with Gasteiger partial charge in [0, 0.05) is 6.61 Å². The molecule has 0 saturated carbocycles. The van der Waals surface area contributed by atoms with Crippen LogP contribution in [0.2, 0.25) is 18.1 Å². The summed E-state index contributed by atoms with van der Waals surface area (Å²) in [6.07, 6.45) is 1.69. The molecule has 7 heteroatoms. The van der Waals surface area contributed by atoms with Crippen LogP contribution in [0, 0.1) is 0 Å². The Bertz CT molecular complexity index is 527. The lowest BCUT2D eigenvalue weighted by atomic mass is 10.1. The first kappa shape index (κ1) is 22.9. The molecule has 0 amide bonds. The molecule has 26 heavy (non-hydrogen) atoms. The van der Waals surface area contributed by atoms with Gasteiger partial charge in [-0.25, -0.2) is 4.79 Å². The molecule has 1 heterocycles. The van der Waals surface area contributed by atoms with Crippen molar-refractivity contribution in [1.82, 2.24) is 0 Å². The van der Waals surface area contributed by atoms with Gasteiger partial charge >= 0.3 is 6.16 Å². The minimum Gasteiger partial charge on any atom is -0.428 e. The molecular weight excluding hydrogens is 352 g/mol. The third-order valence-corrected chi connectivity index (χ3v) is 9.05. The van der Waals surface area contributed by atoms with E-state index in [2.05, 4.69) is 33.9 Å². The second-order valence-electron chi connectivity index (χ2n) is 9.09. The first-order valence-corrected chi connectivity index (χ1v) is 12.0. The molecule has 6 nitrogen and oxygen atoms in total. The average molecular weight is 387 g/mol. The van der Waals surface area contributed by atoms with Crippen LogP contribution in [0.4, 0.5) is 4.79 Å². The number of rotatable bonds is 6. The molecule has 0 unspecified atom stereocenters. The quantitative estimate of drug-likeness (QED) is 0.378. The molecule has 1 rings (SSSR count). The summed E-state index contributed by atoms with van der Waals surface area (Å²) in [6, 6.07) is 0. The second kappa shape index (κ2) is 8.67. The van der Waals surface area contributed by atoms with Gasteiger partial charge in [-0.2, -0.15) is 0 Å². The van der Waals surface area contributed by atoms with E-state index >= 15 is 0 Å². The van der Waals surface area contributed by atoms with Gasteiger partial charge in [0.2, 0.25) is 6.29 Å². The van der Waals surface area contributed by atoms with E-state index in [1.165, 1.54) is 12.2 Å². The molecule has 0 radical (unpaired) electrons. The van der Waals surface area contributed by atoms with Crippen molar-refractivity contribution in [3.05, 3.63) is 12.2 Å². The summed E-state index contributed by atoms with van der Waals surface area (Å²) in [5.74, 6) is -0.124. The molecule has 0 aromatic rings. The third kappa shape index (κ3) is 7.59. The molecule has 0 fully saturated rings. The van der Waals surface area contributed by atoms with E-state index in [9.17, 15) is 9.59 Å².